The van der Waals surface area contributed by atoms with E-state index in [4.69, 9.17) is 5.73 Å². The lowest BCUT2D eigenvalue weighted by Crippen LogP contribution is -1.97. The third-order valence-electron chi connectivity index (χ3n) is 2.44. The second kappa shape index (κ2) is 3.38. The maximum absolute atomic E-state index is 5.57. The van der Waals surface area contributed by atoms with Gasteiger partial charge in [-0.1, -0.05) is 6.92 Å². The van der Waals surface area contributed by atoms with Crippen LogP contribution in [0.5, 0.6) is 0 Å². The maximum Gasteiger partial charge on any atom is 0.181 e. The molecule has 2 aromatic rings. The standard InChI is InChI=1S/C10H14N4/c1-3-9-8-4-7(5-11)6-12-10(8)13-14(9)2/h4,6H,3,5,11H2,1-2H3. The summed E-state index contributed by atoms with van der Waals surface area (Å²) >= 11 is 0. The Labute approximate surface area is 82.7 Å². The zero-order valence-corrected chi connectivity index (χ0v) is 8.49. The molecule has 0 radical (unpaired) electrons. The topological polar surface area (TPSA) is 56.7 Å². The van der Waals surface area contributed by atoms with Crippen LogP contribution in [0.4, 0.5) is 0 Å². The minimum Gasteiger partial charge on any atom is -0.326 e. The Morgan fingerprint density at radius 2 is 2.29 bits per heavy atom. The molecule has 2 rings (SSSR count). The van der Waals surface area contributed by atoms with Crippen molar-refractivity contribution in [3.8, 4) is 0 Å². The van der Waals surface area contributed by atoms with Gasteiger partial charge in [-0.05, 0) is 18.1 Å². The van der Waals surface area contributed by atoms with Gasteiger partial charge in [-0.2, -0.15) is 5.10 Å². The first-order valence-electron chi connectivity index (χ1n) is 4.76. The molecule has 4 nitrogen and oxygen atoms in total. The minimum atomic E-state index is 0.529. The van der Waals surface area contributed by atoms with E-state index >= 15 is 0 Å². The van der Waals surface area contributed by atoms with Crippen LogP contribution in [0.25, 0.3) is 11.0 Å². The summed E-state index contributed by atoms with van der Waals surface area (Å²) in [7, 11) is 1.95. The largest absolute Gasteiger partial charge is 0.326 e. The third kappa shape index (κ3) is 1.28. The average molecular weight is 190 g/mol. The van der Waals surface area contributed by atoms with Crippen molar-refractivity contribution in [2.45, 2.75) is 19.9 Å². The SMILES string of the molecule is CCc1c2cc(CN)cnc2nn1C. The lowest BCUT2D eigenvalue weighted by Gasteiger charge is -1.98. The maximum atomic E-state index is 5.57. The Bertz CT molecular complexity index is 458. The van der Waals surface area contributed by atoms with Crippen LogP contribution in [0.1, 0.15) is 18.2 Å². The molecule has 14 heavy (non-hydrogen) atoms. The van der Waals surface area contributed by atoms with Gasteiger partial charge in [-0.25, -0.2) is 4.98 Å². The Morgan fingerprint density at radius 1 is 1.50 bits per heavy atom. The Balaban J connectivity index is 2.71. The molecule has 0 aromatic carbocycles. The molecule has 4 heteroatoms. The smallest absolute Gasteiger partial charge is 0.181 e. The van der Waals surface area contributed by atoms with E-state index < -0.39 is 0 Å². The molecule has 74 valence electrons. The predicted molar refractivity (Wildman–Crippen MR) is 55.8 cm³/mol. The second-order valence-electron chi connectivity index (χ2n) is 3.34. The van der Waals surface area contributed by atoms with E-state index in [1.165, 1.54) is 5.69 Å². The minimum absolute atomic E-state index is 0.529. The van der Waals surface area contributed by atoms with Crippen molar-refractivity contribution >= 4 is 11.0 Å². The lowest BCUT2D eigenvalue weighted by atomic mass is 10.2. The van der Waals surface area contributed by atoms with Gasteiger partial charge in [0.1, 0.15) is 0 Å². The van der Waals surface area contributed by atoms with Crippen LogP contribution in [0.15, 0.2) is 12.3 Å². The van der Waals surface area contributed by atoms with E-state index in [0.717, 1.165) is 23.0 Å². The number of hydrogen-bond acceptors (Lipinski definition) is 3. The zero-order chi connectivity index (χ0) is 10.1. The van der Waals surface area contributed by atoms with Crippen LogP contribution in [0.2, 0.25) is 0 Å². The van der Waals surface area contributed by atoms with Crippen LogP contribution in [0.3, 0.4) is 0 Å². The van der Waals surface area contributed by atoms with Crippen molar-refractivity contribution < 1.29 is 0 Å². The molecule has 0 bridgehead atoms. The number of pyridine rings is 1. The van der Waals surface area contributed by atoms with E-state index in [9.17, 15) is 0 Å². The summed E-state index contributed by atoms with van der Waals surface area (Å²) in [5.41, 5.74) is 8.65. The molecule has 0 atom stereocenters. The summed E-state index contributed by atoms with van der Waals surface area (Å²) in [6.07, 6.45) is 2.75. The van der Waals surface area contributed by atoms with Crippen molar-refractivity contribution in [2.24, 2.45) is 12.8 Å². The molecule has 2 N–H and O–H groups in total. The van der Waals surface area contributed by atoms with Crippen LogP contribution < -0.4 is 5.73 Å². The summed E-state index contributed by atoms with van der Waals surface area (Å²) in [5, 5.41) is 5.45. The first-order valence-corrected chi connectivity index (χ1v) is 4.76. The Kier molecular flexibility index (Phi) is 2.21. The van der Waals surface area contributed by atoms with Crippen LogP contribution >= 0.6 is 0 Å². The summed E-state index contributed by atoms with van der Waals surface area (Å²) < 4.78 is 1.89. The highest BCUT2D eigenvalue weighted by atomic mass is 15.3. The number of nitrogens with two attached hydrogens (primary N) is 1. The summed E-state index contributed by atoms with van der Waals surface area (Å²) in [6, 6.07) is 2.08. The zero-order valence-electron chi connectivity index (χ0n) is 8.49. The molecule has 0 aliphatic rings. The normalized spacial score (nSPS) is 11.1. The van der Waals surface area contributed by atoms with Crippen molar-refractivity contribution in [1.29, 1.82) is 0 Å². The number of rotatable bonds is 2. The fraction of sp³-hybridized carbons (Fsp3) is 0.400. The highest BCUT2D eigenvalue weighted by Gasteiger charge is 2.08. The predicted octanol–water partition coefficient (Wildman–Crippen LogP) is 0.989. The van der Waals surface area contributed by atoms with Crippen LogP contribution in [0, 0.1) is 0 Å². The molecule has 2 aromatic heterocycles. The van der Waals surface area contributed by atoms with Crippen molar-refractivity contribution in [3.05, 3.63) is 23.5 Å². The average Bonchev–Trinajstić information content (AvgIpc) is 2.52. The first kappa shape index (κ1) is 9.15. The molecule has 0 saturated heterocycles. The van der Waals surface area contributed by atoms with Crippen molar-refractivity contribution in [1.82, 2.24) is 14.8 Å². The Hall–Kier alpha value is -1.42. The van der Waals surface area contributed by atoms with E-state index in [1.54, 1.807) is 6.20 Å². The van der Waals surface area contributed by atoms with Crippen molar-refractivity contribution in [3.63, 3.8) is 0 Å². The number of aryl methyl sites for hydroxylation is 2. The monoisotopic (exact) mass is 190 g/mol. The molecule has 2 heterocycles. The van der Waals surface area contributed by atoms with Crippen LogP contribution in [-0.2, 0) is 20.0 Å². The second-order valence-corrected chi connectivity index (χ2v) is 3.34. The first-order chi connectivity index (χ1) is 6.76. The summed E-state index contributed by atoms with van der Waals surface area (Å²) in [5.74, 6) is 0. The number of nitrogens with zero attached hydrogens (tertiary/aromatic N) is 3. The van der Waals surface area contributed by atoms with Gasteiger partial charge in [0.15, 0.2) is 5.65 Å². The highest BCUT2D eigenvalue weighted by Crippen LogP contribution is 2.17. The molecule has 0 saturated carbocycles. The van der Waals surface area contributed by atoms with Crippen LogP contribution in [-0.4, -0.2) is 14.8 Å². The quantitative estimate of drug-likeness (QED) is 0.768. The van der Waals surface area contributed by atoms with Gasteiger partial charge in [-0.3, -0.25) is 4.68 Å². The number of hydrogen-bond donors (Lipinski definition) is 1. The molecule has 0 spiro atoms. The van der Waals surface area contributed by atoms with Gasteiger partial charge in [0.25, 0.3) is 0 Å². The van der Waals surface area contributed by atoms with Gasteiger partial charge in [0.05, 0.1) is 0 Å². The van der Waals surface area contributed by atoms with E-state index in [2.05, 4.69) is 23.1 Å². The number of aromatic nitrogens is 3. The van der Waals surface area contributed by atoms with Gasteiger partial charge >= 0.3 is 0 Å². The molecular formula is C10H14N4. The fourth-order valence-electron chi connectivity index (χ4n) is 1.70. The van der Waals surface area contributed by atoms with Gasteiger partial charge in [-0.15, -0.1) is 0 Å². The Morgan fingerprint density at radius 3 is 2.93 bits per heavy atom. The lowest BCUT2D eigenvalue weighted by molar-refractivity contribution is 0.725. The van der Waals surface area contributed by atoms with Crippen molar-refractivity contribution in [2.75, 3.05) is 0 Å². The summed E-state index contributed by atoms with van der Waals surface area (Å²) in [6.45, 7) is 2.65. The number of fused-ring (bicyclic) bond motifs is 1. The molecule has 0 amide bonds. The molecule has 0 fully saturated rings. The fourth-order valence-corrected chi connectivity index (χ4v) is 1.70. The summed E-state index contributed by atoms with van der Waals surface area (Å²) in [4.78, 5) is 4.27. The molecule has 0 aliphatic carbocycles. The van der Waals surface area contributed by atoms with E-state index in [-0.39, 0.29) is 0 Å². The highest BCUT2D eigenvalue weighted by molar-refractivity contribution is 5.78. The van der Waals surface area contributed by atoms with Gasteiger partial charge in [0, 0.05) is 30.9 Å². The van der Waals surface area contributed by atoms with Gasteiger partial charge in [0.2, 0.25) is 0 Å². The third-order valence-corrected chi connectivity index (χ3v) is 2.44. The van der Waals surface area contributed by atoms with E-state index in [1.807, 2.05) is 11.7 Å². The van der Waals surface area contributed by atoms with Gasteiger partial charge < -0.3 is 5.73 Å². The molecular weight excluding hydrogens is 176 g/mol. The molecule has 0 aliphatic heterocycles. The van der Waals surface area contributed by atoms with E-state index in [0.29, 0.717) is 6.54 Å². The molecule has 0 unspecified atom stereocenters.